The van der Waals surface area contributed by atoms with Gasteiger partial charge >= 0.3 is 23.9 Å². The van der Waals surface area contributed by atoms with Gasteiger partial charge in [-0.15, -0.1) is 0 Å². The molecule has 0 unspecified atom stereocenters. The van der Waals surface area contributed by atoms with Crippen LogP contribution in [0.2, 0.25) is 0 Å². The lowest BCUT2D eigenvalue weighted by atomic mass is 9.43. The molecule has 0 radical (unpaired) electrons. The molecule has 0 bridgehead atoms. The normalized spacial score (nSPS) is 39.0. The molecule has 1 spiro atoms. The number of carbonyl (C=O) groups excluding carboxylic acids is 5. The lowest BCUT2D eigenvalue weighted by Gasteiger charge is -2.62. The number of Topliss-reactive ketones (excluding diaryl/α,β-unsaturated/α-hetero) is 1. The van der Waals surface area contributed by atoms with Crippen LogP contribution in [0.25, 0.3) is 0 Å². The van der Waals surface area contributed by atoms with Gasteiger partial charge in [-0.1, -0.05) is 33.3 Å². The lowest BCUT2D eigenvalue weighted by Crippen LogP contribution is -2.70. The predicted octanol–water partition coefficient (Wildman–Crippen LogP) is 4.86. The number of allylic oxidation sites excluding steroid dienone is 1. The molecule has 2 heterocycles. The summed E-state index contributed by atoms with van der Waals surface area (Å²) in [4.78, 5) is 65.6. The Morgan fingerprint density at radius 2 is 1.57 bits per heavy atom. The zero-order valence-electron chi connectivity index (χ0n) is 28.4. The number of methoxy groups -OCH3 is 1. The predicted molar refractivity (Wildman–Crippen MR) is 162 cm³/mol. The molecule has 3 saturated carbocycles. The molecular formula is C35H46O11. The van der Waals surface area contributed by atoms with Crippen molar-refractivity contribution in [2.75, 3.05) is 7.11 Å². The second kappa shape index (κ2) is 11.3. The van der Waals surface area contributed by atoms with E-state index in [1.165, 1.54) is 27.9 Å². The van der Waals surface area contributed by atoms with Crippen molar-refractivity contribution in [3.8, 4) is 0 Å². The summed E-state index contributed by atoms with van der Waals surface area (Å²) in [5, 5.41) is 0. The summed E-state index contributed by atoms with van der Waals surface area (Å²) in [5.74, 6) is -4.25. The second-order valence-electron chi connectivity index (χ2n) is 14.6. The Hall–Kier alpha value is -3.47. The number of ketones is 1. The Morgan fingerprint density at radius 3 is 2.09 bits per heavy atom. The van der Waals surface area contributed by atoms with Gasteiger partial charge < -0.3 is 28.1 Å². The van der Waals surface area contributed by atoms with E-state index in [1.54, 1.807) is 26.4 Å². The first-order valence-corrected chi connectivity index (χ1v) is 15.9. The summed E-state index contributed by atoms with van der Waals surface area (Å²) < 4.78 is 35.9. The van der Waals surface area contributed by atoms with Crippen molar-refractivity contribution >= 4 is 29.7 Å². The summed E-state index contributed by atoms with van der Waals surface area (Å²) in [6.45, 7) is 15.2. The molecule has 0 N–H and O–H groups in total. The van der Waals surface area contributed by atoms with E-state index >= 15 is 0 Å². The van der Waals surface area contributed by atoms with E-state index in [1.807, 2.05) is 33.8 Å². The van der Waals surface area contributed by atoms with Crippen LogP contribution in [0.1, 0.15) is 93.1 Å². The van der Waals surface area contributed by atoms with Crippen LogP contribution >= 0.6 is 0 Å². The van der Waals surface area contributed by atoms with E-state index in [0.29, 0.717) is 6.42 Å². The molecule has 1 aliphatic heterocycles. The van der Waals surface area contributed by atoms with Crippen LogP contribution in [-0.4, -0.2) is 66.8 Å². The minimum Gasteiger partial charge on any atom is -0.472 e. The molecule has 46 heavy (non-hydrogen) atoms. The zero-order chi connectivity index (χ0) is 34.1. The van der Waals surface area contributed by atoms with Crippen LogP contribution in [0.4, 0.5) is 0 Å². The fraction of sp³-hybridized carbons (Fsp3) is 0.686. The van der Waals surface area contributed by atoms with Crippen LogP contribution in [0.5, 0.6) is 0 Å². The molecule has 4 fully saturated rings. The first kappa shape index (κ1) is 33.9. The lowest BCUT2D eigenvalue weighted by molar-refractivity contribution is -0.227. The van der Waals surface area contributed by atoms with Crippen LogP contribution < -0.4 is 0 Å². The SMILES string of the molecule is COC(=O)C[C@H]1C(C)(C)C(=O)C[C@@H](OC(C)=O)[C@]1(C)[C@@H]1C(=C(C)C)[C@@]23O[C@@H]2C[C@@H](c2ccoc2)[C@]3(C)[C@@H](OC(C)=O)[C@@H]1OC(C)=O. The minimum atomic E-state index is -1.22. The van der Waals surface area contributed by atoms with Crippen molar-refractivity contribution < 1.29 is 52.1 Å². The van der Waals surface area contributed by atoms with Crippen LogP contribution in [-0.2, 0) is 47.7 Å². The maximum Gasteiger partial charge on any atom is 0.305 e. The van der Waals surface area contributed by atoms with Gasteiger partial charge in [0, 0.05) is 56.3 Å². The van der Waals surface area contributed by atoms with E-state index in [2.05, 4.69) is 0 Å². The van der Waals surface area contributed by atoms with Gasteiger partial charge in [0.25, 0.3) is 0 Å². The van der Waals surface area contributed by atoms with Crippen molar-refractivity contribution in [3.05, 3.63) is 35.3 Å². The quantitative estimate of drug-likeness (QED) is 0.174. The van der Waals surface area contributed by atoms with Gasteiger partial charge in [-0.3, -0.25) is 24.0 Å². The molecule has 11 nitrogen and oxygen atoms in total. The number of epoxide rings is 1. The number of carbonyl (C=O) groups is 5. The van der Waals surface area contributed by atoms with Crippen molar-refractivity contribution in [3.63, 3.8) is 0 Å². The maximum atomic E-state index is 13.8. The second-order valence-corrected chi connectivity index (χ2v) is 14.6. The van der Waals surface area contributed by atoms with Gasteiger partial charge in [0.05, 0.1) is 31.2 Å². The summed E-state index contributed by atoms with van der Waals surface area (Å²) in [6, 6.07) is 1.88. The molecule has 5 rings (SSSR count). The van der Waals surface area contributed by atoms with Gasteiger partial charge in [-0.05, 0) is 43.4 Å². The molecule has 10 atom stereocenters. The molecule has 1 aromatic rings. The van der Waals surface area contributed by atoms with Crippen LogP contribution in [0.3, 0.4) is 0 Å². The number of ether oxygens (including phenoxy) is 5. The fourth-order valence-corrected chi connectivity index (χ4v) is 9.80. The topological polar surface area (TPSA) is 148 Å². The maximum absolute atomic E-state index is 13.8. The number of rotatable bonds is 7. The highest BCUT2D eigenvalue weighted by Gasteiger charge is 2.85. The number of esters is 4. The third-order valence-corrected chi connectivity index (χ3v) is 11.7. The number of hydrogen-bond donors (Lipinski definition) is 0. The largest absolute Gasteiger partial charge is 0.472 e. The fourth-order valence-electron chi connectivity index (χ4n) is 9.80. The van der Waals surface area contributed by atoms with E-state index < -0.39 is 75.9 Å². The Bertz CT molecular complexity index is 1470. The van der Waals surface area contributed by atoms with Gasteiger partial charge in [-0.25, -0.2) is 0 Å². The highest BCUT2D eigenvalue weighted by Crippen LogP contribution is 2.77. The molecule has 0 aromatic carbocycles. The molecule has 252 valence electrons. The van der Waals surface area contributed by atoms with E-state index in [-0.39, 0.29) is 30.6 Å². The Balaban J connectivity index is 1.85. The Morgan fingerprint density at radius 1 is 0.935 bits per heavy atom. The first-order valence-electron chi connectivity index (χ1n) is 15.9. The summed E-state index contributed by atoms with van der Waals surface area (Å²) >= 11 is 0. The third kappa shape index (κ3) is 4.75. The van der Waals surface area contributed by atoms with Crippen LogP contribution in [0, 0.1) is 28.1 Å². The van der Waals surface area contributed by atoms with Crippen molar-refractivity contribution in [1.29, 1.82) is 0 Å². The smallest absolute Gasteiger partial charge is 0.305 e. The van der Waals surface area contributed by atoms with Crippen molar-refractivity contribution in [1.82, 2.24) is 0 Å². The average Bonchev–Trinajstić information content (AvgIpc) is 3.28. The molecule has 4 aliphatic rings. The van der Waals surface area contributed by atoms with E-state index in [9.17, 15) is 24.0 Å². The van der Waals surface area contributed by atoms with Crippen molar-refractivity contribution in [2.45, 2.75) is 118 Å². The summed E-state index contributed by atoms with van der Waals surface area (Å²) in [7, 11) is 1.28. The molecule has 11 heteroatoms. The first-order chi connectivity index (χ1) is 21.4. The molecule has 3 aliphatic carbocycles. The molecule has 0 amide bonds. The van der Waals surface area contributed by atoms with Crippen LogP contribution in [0.15, 0.2) is 34.2 Å². The Labute approximate surface area is 269 Å². The minimum absolute atomic E-state index is 0.121. The highest BCUT2D eigenvalue weighted by molar-refractivity contribution is 5.87. The van der Waals surface area contributed by atoms with E-state index in [0.717, 1.165) is 16.7 Å². The summed E-state index contributed by atoms with van der Waals surface area (Å²) in [6.07, 6.45) is 0.149. The van der Waals surface area contributed by atoms with Gasteiger partial charge in [0.15, 0.2) is 0 Å². The van der Waals surface area contributed by atoms with Crippen molar-refractivity contribution in [2.24, 2.45) is 28.1 Å². The van der Waals surface area contributed by atoms with E-state index in [4.69, 9.17) is 28.1 Å². The standard InChI is InChI=1S/C35H46O11/c1-17(2)28-29(33(8)23(14-27(40)41-10)32(6,7)24(39)15-25(33)43-18(3)36)30(44-19(4)37)31(45-20(5)38)34(9)22(21-11-12-42-16-21)13-26-35(28,34)46-26/h11-12,16,22-23,25-26,29-31H,13-15H2,1-10H3/t22-,23-,25+,26+,29+,30+,31-,33+,34+,35-/m0/s1. The number of furan rings is 1. The summed E-state index contributed by atoms with van der Waals surface area (Å²) in [5.41, 5.74) is -1.56. The third-order valence-electron chi connectivity index (χ3n) is 11.7. The average molecular weight is 643 g/mol. The molecular weight excluding hydrogens is 596 g/mol. The number of hydrogen-bond acceptors (Lipinski definition) is 11. The molecule has 1 saturated heterocycles. The zero-order valence-corrected chi connectivity index (χ0v) is 28.4. The van der Waals surface area contributed by atoms with Gasteiger partial charge in [0.2, 0.25) is 0 Å². The highest BCUT2D eigenvalue weighted by atomic mass is 16.6. The Kier molecular flexibility index (Phi) is 8.36. The molecule has 1 aromatic heterocycles. The van der Waals surface area contributed by atoms with Gasteiger partial charge in [-0.2, -0.15) is 0 Å². The van der Waals surface area contributed by atoms with Gasteiger partial charge in [0.1, 0.15) is 29.7 Å². The monoisotopic (exact) mass is 642 g/mol.